The van der Waals surface area contributed by atoms with Crippen molar-refractivity contribution in [2.75, 3.05) is 7.11 Å². The molecule has 0 aliphatic carbocycles. The second-order valence-electron chi connectivity index (χ2n) is 4.30. The Morgan fingerprint density at radius 2 is 1.89 bits per heavy atom. The van der Waals surface area contributed by atoms with Gasteiger partial charge in [0.15, 0.2) is 0 Å². The van der Waals surface area contributed by atoms with Crippen molar-refractivity contribution in [2.24, 2.45) is 5.73 Å². The van der Waals surface area contributed by atoms with Crippen molar-refractivity contribution in [3.05, 3.63) is 64.4 Å². The Hall–Kier alpha value is -1.58. The van der Waals surface area contributed by atoms with Crippen LogP contribution in [-0.2, 0) is 6.42 Å². The lowest BCUT2D eigenvalue weighted by molar-refractivity contribution is 0.414. The summed E-state index contributed by atoms with van der Waals surface area (Å²) in [5.74, 6) is 0.352. The molecule has 19 heavy (non-hydrogen) atoms. The number of hydrogen-bond donors (Lipinski definition) is 1. The second-order valence-corrected chi connectivity index (χ2v) is 4.68. The van der Waals surface area contributed by atoms with E-state index in [-0.39, 0.29) is 11.1 Å². The van der Waals surface area contributed by atoms with E-state index < -0.39 is 5.82 Å². The summed E-state index contributed by atoms with van der Waals surface area (Å²) in [6.07, 6.45) is 0.590. The maximum absolute atomic E-state index is 13.4. The first-order valence-corrected chi connectivity index (χ1v) is 6.32. The Kier molecular flexibility index (Phi) is 4.40. The van der Waals surface area contributed by atoms with Crippen molar-refractivity contribution >= 4 is 11.6 Å². The second kappa shape index (κ2) is 6.04. The monoisotopic (exact) mass is 279 g/mol. The number of methoxy groups -OCH3 is 1. The Labute approximate surface area is 117 Å². The van der Waals surface area contributed by atoms with Gasteiger partial charge in [-0.15, -0.1) is 0 Å². The molecule has 2 N–H and O–H groups in total. The lowest BCUT2D eigenvalue weighted by Crippen LogP contribution is -2.14. The van der Waals surface area contributed by atoms with Crippen molar-refractivity contribution in [3.8, 4) is 5.75 Å². The third-order valence-electron chi connectivity index (χ3n) is 3.00. The van der Waals surface area contributed by atoms with E-state index in [1.54, 1.807) is 19.2 Å². The summed E-state index contributed by atoms with van der Waals surface area (Å²) >= 11 is 5.93. The maximum Gasteiger partial charge on any atom is 0.142 e. The molecule has 2 rings (SSSR count). The van der Waals surface area contributed by atoms with E-state index in [1.165, 1.54) is 6.07 Å². The number of halogens is 2. The summed E-state index contributed by atoms with van der Waals surface area (Å²) in [7, 11) is 1.62. The summed E-state index contributed by atoms with van der Waals surface area (Å²) in [6, 6.07) is 12.0. The Morgan fingerprint density at radius 3 is 2.53 bits per heavy atom. The van der Waals surface area contributed by atoms with Crippen molar-refractivity contribution in [3.63, 3.8) is 0 Å². The van der Waals surface area contributed by atoms with E-state index in [2.05, 4.69) is 0 Å². The first-order valence-electron chi connectivity index (χ1n) is 5.94. The zero-order valence-electron chi connectivity index (χ0n) is 10.6. The van der Waals surface area contributed by atoms with Crippen molar-refractivity contribution < 1.29 is 9.13 Å². The van der Waals surface area contributed by atoms with Gasteiger partial charge in [0.25, 0.3) is 0 Å². The molecule has 2 aromatic rings. The van der Waals surface area contributed by atoms with Crippen LogP contribution in [0.1, 0.15) is 17.2 Å². The summed E-state index contributed by atoms with van der Waals surface area (Å²) in [4.78, 5) is 0. The van der Waals surface area contributed by atoms with Crippen molar-refractivity contribution in [2.45, 2.75) is 12.5 Å². The van der Waals surface area contributed by atoms with Crippen LogP contribution < -0.4 is 10.5 Å². The predicted molar refractivity (Wildman–Crippen MR) is 75.0 cm³/mol. The number of hydrogen-bond acceptors (Lipinski definition) is 2. The fourth-order valence-corrected chi connectivity index (χ4v) is 2.20. The molecule has 2 nitrogen and oxygen atoms in total. The fraction of sp³-hybridized carbons (Fsp3) is 0.200. The smallest absolute Gasteiger partial charge is 0.142 e. The van der Waals surface area contributed by atoms with Crippen LogP contribution >= 0.6 is 11.6 Å². The standard InChI is InChI=1S/C15H15ClFNO/c1-19-11-7-5-10(6-8-11)9-14(18)12-3-2-4-13(17)15(12)16/h2-8,14H,9,18H2,1H3. The predicted octanol–water partition coefficient (Wildman–Crippen LogP) is 3.73. The molecule has 0 aliphatic rings. The first-order chi connectivity index (χ1) is 9.11. The van der Waals surface area contributed by atoms with Crippen LogP contribution in [0.15, 0.2) is 42.5 Å². The van der Waals surface area contributed by atoms with Gasteiger partial charge in [0.1, 0.15) is 11.6 Å². The van der Waals surface area contributed by atoms with E-state index in [9.17, 15) is 4.39 Å². The largest absolute Gasteiger partial charge is 0.497 e. The summed E-state index contributed by atoms with van der Waals surface area (Å²) in [5.41, 5.74) is 7.76. The normalized spacial score (nSPS) is 12.2. The summed E-state index contributed by atoms with van der Waals surface area (Å²) in [6.45, 7) is 0. The Bertz CT molecular complexity index is 557. The highest BCUT2D eigenvalue weighted by molar-refractivity contribution is 6.31. The van der Waals surface area contributed by atoms with Gasteiger partial charge in [0, 0.05) is 6.04 Å². The van der Waals surface area contributed by atoms with Gasteiger partial charge in [-0.1, -0.05) is 35.9 Å². The van der Waals surface area contributed by atoms with Gasteiger partial charge in [-0.05, 0) is 35.7 Å². The lowest BCUT2D eigenvalue weighted by atomic mass is 9.99. The molecular weight excluding hydrogens is 265 g/mol. The molecule has 4 heteroatoms. The van der Waals surface area contributed by atoms with Gasteiger partial charge in [-0.3, -0.25) is 0 Å². The molecule has 0 spiro atoms. The minimum absolute atomic E-state index is 0.100. The number of benzene rings is 2. The van der Waals surface area contributed by atoms with Gasteiger partial charge in [0.05, 0.1) is 12.1 Å². The van der Waals surface area contributed by atoms with Gasteiger partial charge < -0.3 is 10.5 Å². The van der Waals surface area contributed by atoms with Gasteiger partial charge >= 0.3 is 0 Å². The highest BCUT2D eigenvalue weighted by Gasteiger charge is 2.13. The molecule has 0 heterocycles. The molecule has 0 amide bonds. The number of nitrogens with two attached hydrogens (primary N) is 1. The summed E-state index contributed by atoms with van der Waals surface area (Å²) < 4.78 is 18.5. The molecule has 0 saturated carbocycles. The molecule has 0 radical (unpaired) electrons. The van der Waals surface area contributed by atoms with Gasteiger partial charge in [-0.25, -0.2) is 4.39 Å². The molecule has 100 valence electrons. The lowest BCUT2D eigenvalue weighted by Gasteiger charge is -2.14. The number of ether oxygens (including phenoxy) is 1. The van der Waals surface area contributed by atoms with Crippen LogP contribution in [0.3, 0.4) is 0 Å². The first kappa shape index (κ1) is 13.8. The Balaban J connectivity index is 2.15. The number of rotatable bonds is 4. The molecule has 1 unspecified atom stereocenters. The van der Waals surface area contributed by atoms with E-state index in [0.717, 1.165) is 11.3 Å². The maximum atomic E-state index is 13.4. The highest BCUT2D eigenvalue weighted by Crippen LogP contribution is 2.26. The van der Waals surface area contributed by atoms with Crippen LogP contribution in [-0.4, -0.2) is 7.11 Å². The van der Waals surface area contributed by atoms with E-state index in [1.807, 2.05) is 24.3 Å². The van der Waals surface area contributed by atoms with Gasteiger partial charge in [0.2, 0.25) is 0 Å². The third kappa shape index (κ3) is 3.25. The Morgan fingerprint density at radius 1 is 1.21 bits per heavy atom. The van der Waals surface area contributed by atoms with E-state index >= 15 is 0 Å². The molecular formula is C15H15ClFNO. The SMILES string of the molecule is COc1ccc(CC(N)c2cccc(F)c2Cl)cc1. The topological polar surface area (TPSA) is 35.2 Å². The quantitative estimate of drug-likeness (QED) is 0.925. The summed E-state index contributed by atoms with van der Waals surface area (Å²) in [5, 5.41) is 0.100. The third-order valence-corrected chi connectivity index (χ3v) is 3.39. The average Bonchev–Trinajstić information content (AvgIpc) is 2.42. The molecule has 0 aliphatic heterocycles. The van der Waals surface area contributed by atoms with Crippen molar-refractivity contribution in [1.29, 1.82) is 0 Å². The van der Waals surface area contributed by atoms with E-state index in [0.29, 0.717) is 12.0 Å². The molecule has 2 aromatic carbocycles. The molecule has 0 fully saturated rings. The molecule has 1 atom stereocenters. The molecule has 0 aromatic heterocycles. The van der Waals surface area contributed by atoms with Crippen LogP contribution in [0.5, 0.6) is 5.75 Å². The molecule has 0 saturated heterocycles. The minimum Gasteiger partial charge on any atom is -0.497 e. The average molecular weight is 280 g/mol. The van der Waals surface area contributed by atoms with E-state index in [4.69, 9.17) is 22.1 Å². The van der Waals surface area contributed by atoms with Crippen molar-refractivity contribution in [1.82, 2.24) is 0 Å². The minimum atomic E-state index is -0.440. The molecule has 0 bridgehead atoms. The zero-order chi connectivity index (χ0) is 13.8. The van der Waals surface area contributed by atoms with Crippen LogP contribution in [0, 0.1) is 5.82 Å². The van der Waals surface area contributed by atoms with Crippen LogP contribution in [0.2, 0.25) is 5.02 Å². The zero-order valence-corrected chi connectivity index (χ0v) is 11.3. The van der Waals surface area contributed by atoms with Gasteiger partial charge in [-0.2, -0.15) is 0 Å². The van der Waals surface area contributed by atoms with Crippen LogP contribution in [0.4, 0.5) is 4.39 Å². The van der Waals surface area contributed by atoms with Crippen LogP contribution in [0.25, 0.3) is 0 Å². The fourth-order valence-electron chi connectivity index (χ4n) is 1.93. The highest BCUT2D eigenvalue weighted by atomic mass is 35.5.